The summed E-state index contributed by atoms with van der Waals surface area (Å²) in [7, 11) is 0. The van der Waals surface area contributed by atoms with Crippen LogP contribution in [0.2, 0.25) is 0 Å². The average molecular weight is 392 g/mol. The second-order valence-corrected chi connectivity index (χ2v) is 8.94. The number of anilines is 1. The maximum absolute atomic E-state index is 12.7. The molecule has 0 unspecified atom stereocenters. The third kappa shape index (κ3) is 4.30. The highest BCUT2D eigenvalue weighted by Crippen LogP contribution is 2.34. The van der Waals surface area contributed by atoms with E-state index in [1.54, 1.807) is 0 Å². The third-order valence-corrected chi connectivity index (χ3v) is 5.76. The Labute approximate surface area is 172 Å². The predicted molar refractivity (Wildman–Crippen MR) is 116 cm³/mol. The molecule has 0 saturated carbocycles. The van der Waals surface area contributed by atoms with Crippen LogP contribution < -0.4 is 10.8 Å². The van der Waals surface area contributed by atoms with E-state index < -0.39 is 0 Å². The maximum Gasteiger partial charge on any atom is 0.321 e. The van der Waals surface area contributed by atoms with Gasteiger partial charge in [0.05, 0.1) is 5.70 Å². The van der Waals surface area contributed by atoms with E-state index in [0.717, 1.165) is 29.8 Å². The number of piperidine rings is 1. The predicted octanol–water partition coefficient (Wildman–Crippen LogP) is 4.93. The van der Waals surface area contributed by atoms with Gasteiger partial charge in [-0.15, -0.1) is 0 Å². The smallest absolute Gasteiger partial charge is 0.321 e. The summed E-state index contributed by atoms with van der Waals surface area (Å²) < 4.78 is 0. The number of benzene rings is 2. The molecule has 0 radical (unpaired) electrons. The average Bonchev–Trinajstić information content (AvgIpc) is 3.12. The van der Waals surface area contributed by atoms with Crippen molar-refractivity contribution in [1.82, 2.24) is 10.4 Å². The summed E-state index contributed by atoms with van der Waals surface area (Å²) in [5.74, 6) is 0. The fourth-order valence-electron chi connectivity index (χ4n) is 3.83. The lowest BCUT2D eigenvalue weighted by Gasteiger charge is -2.36. The van der Waals surface area contributed by atoms with E-state index in [-0.39, 0.29) is 17.0 Å². The number of urea groups is 1. The van der Waals surface area contributed by atoms with Gasteiger partial charge in [0.15, 0.2) is 0 Å². The number of amides is 2. The quantitative estimate of drug-likeness (QED) is 0.763. The minimum atomic E-state index is -0.337. The number of hydroxylamine groups is 1. The molecular weight excluding hydrogens is 362 g/mol. The zero-order valence-electron chi connectivity index (χ0n) is 17.4. The molecule has 0 aromatic heterocycles. The third-order valence-electron chi connectivity index (χ3n) is 5.76. The second kappa shape index (κ2) is 7.56. The van der Waals surface area contributed by atoms with Crippen LogP contribution in [0.4, 0.5) is 10.5 Å². The molecule has 5 heteroatoms. The zero-order valence-corrected chi connectivity index (χ0v) is 17.4. The lowest BCUT2D eigenvalue weighted by Crippen LogP contribution is -2.48. The fraction of sp³-hybridized carbons (Fsp3) is 0.375. The van der Waals surface area contributed by atoms with Crippen LogP contribution in [0.3, 0.4) is 0 Å². The van der Waals surface area contributed by atoms with E-state index in [0.29, 0.717) is 13.1 Å². The van der Waals surface area contributed by atoms with E-state index in [1.165, 1.54) is 5.56 Å². The molecule has 0 bridgehead atoms. The van der Waals surface area contributed by atoms with Crippen molar-refractivity contribution in [2.24, 2.45) is 0 Å². The standard InChI is InChI=1S/C24H29N3O2/c1-23(2,3)19-9-11-20(12-10-19)25-22(28)27-15-13-24(14-16-27)17-21(26-29-24)18-7-5-4-6-8-18/h4-12,17,26H,13-16H2,1-3H3,(H,25,28). The second-order valence-electron chi connectivity index (χ2n) is 8.94. The summed E-state index contributed by atoms with van der Waals surface area (Å²) in [6.45, 7) is 7.86. The normalized spacial score (nSPS) is 18.3. The maximum atomic E-state index is 12.7. The van der Waals surface area contributed by atoms with E-state index in [1.807, 2.05) is 35.2 Å². The minimum Gasteiger partial charge on any atom is -0.324 e. The first-order valence-electron chi connectivity index (χ1n) is 10.2. The lowest BCUT2D eigenvalue weighted by molar-refractivity contribution is -0.0634. The summed E-state index contributed by atoms with van der Waals surface area (Å²) in [5, 5.41) is 3.02. The Balaban J connectivity index is 1.35. The molecule has 152 valence electrons. The molecule has 2 aromatic rings. The molecule has 2 aliphatic rings. The molecule has 0 aliphatic carbocycles. The van der Waals surface area contributed by atoms with Gasteiger partial charge < -0.3 is 10.2 Å². The summed E-state index contributed by atoms with van der Waals surface area (Å²) in [6, 6.07) is 18.2. The highest BCUT2D eigenvalue weighted by molar-refractivity contribution is 5.89. The Kier molecular flexibility index (Phi) is 5.09. The Bertz CT molecular complexity index is 890. The van der Waals surface area contributed by atoms with E-state index in [4.69, 9.17) is 4.84 Å². The molecular formula is C24H29N3O2. The Morgan fingerprint density at radius 2 is 1.69 bits per heavy atom. The lowest BCUT2D eigenvalue weighted by atomic mass is 9.87. The van der Waals surface area contributed by atoms with Crippen molar-refractivity contribution in [2.75, 3.05) is 18.4 Å². The number of carbonyl (C=O) groups excluding carboxylic acids is 1. The van der Waals surface area contributed by atoms with Gasteiger partial charge in [-0.05, 0) is 34.8 Å². The van der Waals surface area contributed by atoms with Crippen LogP contribution in [0.15, 0.2) is 60.7 Å². The van der Waals surface area contributed by atoms with Crippen LogP contribution in [-0.2, 0) is 10.3 Å². The Morgan fingerprint density at radius 3 is 2.31 bits per heavy atom. The van der Waals surface area contributed by atoms with Crippen LogP contribution in [0.25, 0.3) is 5.70 Å². The van der Waals surface area contributed by atoms with Gasteiger partial charge in [-0.25, -0.2) is 4.79 Å². The van der Waals surface area contributed by atoms with Crippen LogP contribution in [0.5, 0.6) is 0 Å². The van der Waals surface area contributed by atoms with Crippen LogP contribution >= 0.6 is 0 Å². The zero-order chi connectivity index (χ0) is 20.5. The number of nitrogens with one attached hydrogen (secondary N) is 2. The first kappa shape index (κ1) is 19.5. The van der Waals surface area contributed by atoms with Gasteiger partial charge in [0.2, 0.25) is 0 Å². The minimum absolute atomic E-state index is 0.0541. The number of rotatable bonds is 2. The Hall–Kier alpha value is -2.79. The number of nitrogens with zero attached hydrogens (tertiary/aromatic N) is 1. The van der Waals surface area contributed by atoms with Gasteiger partial charge in [0.1, 0.15) is 5.60 Å². The molecule has 1 saturated heterocycles. The molecule has 2 aliphatic heterocycles. The van der Waals surface area contributed by atoms with E-state index >= 15 is 0 Å². The molecule has 4 rings (SSSR count). The van der Waals surface area contributed by atoms with Crippen LogP contribution in [0.1, 0.15) is 44.7 Å². The number of hydrogen-bond acceptors (Lipinski definition) is 3. The van der Waals surface area contributed by atoms with Crippen molar-refractivity contribution in [2.45, 2.75) is 44.6 Å². The Morgan fingerprint density at radius 1 is 1.03 bits per heavy atom. The summed E-state index contributed by atoms with van der Waals surface area (Å²) in [6.07, 6.45) is 3.71. The van der Waals surface area contributed by atoms with Gasteiger partial charge in [-0.1, -0.05) is 63.2 Å². The molecule has 1 spiro atoms. The van der Waals surface area contributed by atoms with Gasteiger partial charge in [0.25, 0.3) is 0 Å². The molecule has 1 fully saturated rings. The first-order chi connectivity index (χ1) is 13.8. The first-order valence-corrected chi connectivity index (χ1v) is 10.2. The SMILES string of the molecule is CC(C)(C)c1ccc(NC(=O)N2CCC3(C=C(c4ccccc4)NO3)CC2)cc1. The van der Waals surface area contributed by atoms with Crippen molar-refractivity contribution in [3.8, 4) is 0 Å². The van der Waals surface area contributed by atoms with Crippen LogP contribution in [-0.4, -0.2) is 29.6 Å². The summed E-state index contributed by atoms with van der Waals surface area (Å²) in [5.41, 5.74) is 7.04. The number of carbonyl (C=O) groups is 1. The number of likely N-dealkylation sites (tertiary alicyclic amines) is 1. The molecule has 2 aromatic carbocycles. The van der Waals surface area contributed by atoms with Crippen LogP contribution in [0, 0.1) is 0 Å². The molecule has 5 nitrogen and oxygen atoms in total. The van der Waals surface area contributed by atoms with Crippen molar-refractivity contribution >= 4 is 17.4 Å². The van der Waals surface area contributed by atoms with Crippen molar-refractivity contribution < 1.29 is 9.63 Å². The van der Waals surface area contributed by atoms with Gasteiger partial charge >= 0.3 is 6.03 Å². The largest absolute Gasteiger partial charge is 0.324 e. The van der Waals surface area contributed by atoms with E-state index in [2.05, 4.69) is 61.9 Å². The highest BCUT2D eigenvalue weighted by atomic mass is 16.7. The molecule has 29 heavy (non-hydrogen) atoms. The molecule has 0 atom stereocenters. The fourth-order valence-corrected chi connectivity index (χ4v) is 3.83. The van der Waals surface area contributed by atoms with Gasteiger partial charge in [-0.2, -0.15) is 0 Å². The summed E-state index contributed by atoms with van der Waals surface area (Å²) in [4.78, 5) is 20.5. The summed E-state index contributed by atoms with van der Waals surface area (Å²) >= 11 is 0. The highest BCUT2D eigenvalue weighted by Gasteiger charge is 2.39. The molecule has 2 heterocycles. The monoisotopic (exact) mass is 391 g/mol. The van der Waals surface area contributed by atoms with Gasteiger partial charge in [-0.3, -0.25) is 10.3 Å². The molecule has 2 N–H and O–H groups in total. The van der Waals surface area contributed by atoms with Crippen molar-refractivity contribution in [1.29, 1.82) is 0 Å². The number of hydrogen-bond donors (Lipinski definition) is 2. The van der Waals surface area contributed by atoms with Crippen molar-refractivity contribution in [3.63, 3.8) is 0 Å². The molecule has 2 amide bonds. The topological polar surface area (TPSA) is 53.6 Å². The van der Waals surface area contributed by atoms with Gasteiger partial charge in [0, 0.05) is 31.6 Å². The van der Waals surface area contributed by atoms with Crippen molar-refractivity contribution in [3.05, 3.63) is 71.8 Å². The van der Waals surface area contributed by atoms with E-state index in [9.17, 15) is 4.79 Å².